The van der Waals surface area contributed by atoms with Gasteiger partial charge in [0.2, 0.25) is 10.0 Å². The van der Waals surface area contributed by atoms with Crippen molar-refractivity contribution in [1.82, 2.24) is 4.31 Å². The van der Waals surface area contributed by atoms with Gasteiger partial charge in [0.25, 0.3) is 0 Å². The highest BCUT2D eigenvalue weighted by Crippen LogP contribution is 2.23. The molecular formula is C11H15Cl2NO4S2. The number of rotatable bonds is 6. The number of benzene rings is 1. The number of hydrogen-bond donors (Lipinski definition) is 0. The lowest BCUT2D eigenvalue weighted by Gasteiger charge is -2.17. The molecule has 0 bridgehead atoms. The number of nitrogens with zero attached hydrogens (tertiary/aromatic N) is 1. The molecule has 0 aliphatic carbocycles. The molecule has 5 nitrogen and oxygen atoms in total. The molecule has 0 aliphatic rings. The molecule has 0 aromatic heterocycles. The molecule has 0 spiro atoms. The lowest BCUT2D eigenvalue weighted by Crippen LogP contribution is -2.31. The van der Waals surface area contributed by atoms with Crippen LogP contribution in [0, 0.1) is 0 Å². The lowest BCUT2D eigenvalue weighted by atomic mass is 10.2. The Morgan fingerprint density at radius 3 is 2.25 bits per heavy atom. The first-order valence-electron chi connectivity index (χ1n) is 5.56. The molecule has 1 rings (SSSR count). The first kappa shape index (κ1) is 17.7. The summed E-state index contributed by atoms with van der Waals surface area (Å²) >= 11 is 11.6. The highest BCUT2D eigenvalue weighted by molar-refractivity contribution is 7.91. The van der Waals surface area contributed by atoms with Gasteiger partial charge in [-0.2, -0.15) is 4.31 Å². The molecule has 0 heterocycles. The summed E-state index contributed by atoms with van der Waals surface area (Å²) in [6, 6.07) is 4.24. The average molecular weight is 360 g/mol. The van der Waals surface area contributed by atoms with Gasteiger partial charge in [0.15, 0.2) is 0 Å². The van der Waals surface area contributed by atoms with Gasteiger partial charge in [-0.25, -0.2) is 16.8 Å². The summed E-state index contributed by atoms with van der Waals surface area (Å²) in [4.78, 5) is 0.00682. The zero-order valence-electron chi connectivity index (χ0n) is 11.0. The number of hydrogen-bond acceptors (Lipinski definition) is 4. The Bertz CT molecular complexity index is 686. The minimum atomic E-state index is -3.77. The molecule has 9 heteroatoms. The highest BCUT2D eigenvalue weighted by atomic mass is 35.5. The molecule has 0 saturated carbocycles. The maximum Gasteiger partial charge on any atom is 0.242 e. The van der Waals surface area contributed by atoms with Gasteiger partial charge in [-0.1, -0.05) is 17.7 Å². The van der Waals surface area contributed by atoms with Crippen LogP contribution in [0.25, 0.3) is 0 Å². The van der Waals surface area contributed by atoms with Gasteiger partial charge >= 0.3 is 0 Å². The number of alkyl halides is 1. The predicted octanol–water partition coefficient (Wildman–Crippen LogP) is 1.74. The van der Waals surface area contributed by atoms with Crippen molar-refractivity contribution in [2.24, 2.45) is 0 Å². The van der Waals surface area contributed by atoms with Crippen LogP contribution in [0.15, 0.2) is 23.1 Å². The molecule has 1 aromatic carbocycles. The van der Waals surface area contributed by atoms with Gasteiger partial charge in [-0.3, -0.25) is 0 Å². The second kappa shape index (κ2) is 6.62. The van der Waals surface area contributed by atoms with Crippen LogP contribution in [0.4, 0.5) is 0 Å². The van der Waals surface area contributed by atoms with Crippen LogP contribution in [0.2, 0.25) is 5.02 Å². The molecule has 20 heavy (non-hydrogen) atoms. The third-order valence-corrected chi connectivity index (χ3v) is 6.07. The van der Waals surface area contributed by atoms with Crippen LogP contribution in [0.1, 0.15) is 5.56 Å². The van der Waals surface area contributed by atoms with Crippen molar-refractivity contribution in [2.75, 3.05) is 25.6 Å². The van der Waals surface area contributed by atoms with E-state index in [1.54, 1.807) is 0 Å². The Labute approximate surface area is 129 Å². The van der Waals surface area contributed by atoms with Crippen LogP contribution >= 0.6 is 23.2 Å². The van der Waals surface area contributed by atoms with Crippen LogP contribution in [0.5, 0.6) is 0 Å². The number of sulfonamides is 1. The highest BCUT2D eigenvalue weighted by Gasteiger charge is 2.22. The van der Waals surface area contributed by atoms with E-state index >= 15 is 0 Å². The zero-order chi connectivity index (χ0) is 15.6. The molecule has 0 amide bonds. The fourth-order valence-electron chi connectivity index (χ4n) is 1.39. The van der Waals surface area contributed by atoms with E-state index in [0.717, 1.165) is 10.6 Å². The van der Waals surface area contributed by atoms with E-state index in [1.165, 1.54) is 25.2 Å². The van der Waals surface area contributed by atoms with E-state index in [9.17, 15) is 16.8 Å². The van der Waals surface area contributed by atoms with Gasteiger partial charge in [0, 0.05) is 30.8 Å². The molecule has 0 aliphatic heterocycles. The topological polar surface area (TPSA) is 71.5 Å². The van der Waals surface area contributed by atoms with Crippen molar-refractivity contribution >= 4 is 43.1 Å². The van der Waals surface area contributed by atoms with E-state index in [4.69, 9.17) is 23.2 Å². The van der Waals surface area contributed by atoms with Crippen LogP contribution in [0.3, 0.4) is 0 Å². The SMILES string of the molecule is CN(CCS(C)(=O)=O)S(=O)(=O)c1ccc(CCl)c(Cl)c1. The zero-order valence-corrected chi connectivity index (χ0v) is 14.2. The minimum Gasteiger partial charge on any atom is -0.229 e. The third kappa shape index (κ3) is 4.60. The van der Waals surface area contributed by atoms with Crippen molar-refractivity contribution in [3.8, 4) is 0 Å². The third-order valence-electron chi connectivity index (χ3n) is 2.65. The lowest BCUT2D eigenvalue weighted by molar-refractivity contribution is 0.485. The molecule has 0 atom stereocenters. The summed E-state index contributed by atoms with van der Waals surface area (Å²) in [5.41, 5.74) is 0.631. The number of sulfone groups is 1. The quantitative estimate of drug-likeness (QED) is 0.725. The molecule has 0 radical (unpaired) electrons. The van der Waals surface area contributed by atoms with Crippen molar-refractivity contribution < 1.29 is 16.8 Å². The maximum atomic E-state index is 12.2. The van der Waals surface area contributed by atoms with Crippen molar-refractivity contribution in [3.63, 3.8) is 0 Å². The summed E-state index contributed by atoms with van der Waals surface area (Å²) < 4.78 is 47.6. The van der Waals surface area contributed by atoms with Crippen LogP contribution in [-0.2, 0) is 25.7 Å². The van der Waals surface area contributed by atoms with E-state index in [0.29, 0.717) is 5.56 Å². The van der Waals surface area contributed by atoms with E-state index in [-0.39, 0.29) is 28.1 Å². The molecule has 0 fully saturated rings. The summed E-state index contributed by atoms with van der Waals surface area (Å²) in [7, 11) is -5.67. The van der Waals surface area contributed by atoms with Crippen molar-refractivity contribution in [3.05, 3.63) is 28.8 Å². The second-order valence-electron chi connectivity index (χ2n) is 4.34. The molecule has 114 valence electrons. The van der Waals surface area contributed by atoms with Gasteiger partial charge < -0.3 is 0 Å². The monoisotopic (exact) mass is 359 g/mol. The molecule has 0 N–H and O–H groups in total. The molecule has 0 saturated heterocycles. The summed E-state index contributed by atoms with van der Waals surface area (Å²) in [6.45, 7) is -0.115. The van der Waals surface area contributed by atoms with E-state index < -0.39 is 19.9 Å². The van der Waals surface area contributed by atoms with Crippen LogP contribution < -0.4 is 0 Å². The minimum absolute atomic E-state index is 0.00682. The van der Waals surface area contributed by atoms with E-state index in [2.05, 4.69) is 0 Å². The summed E-state index contributed by atoms with van der Waals surface area (Å²) in [5, 5.41) is 0.262. The summed E-state index contributed by atoms with van der Waals surface area (Å²) in [5.74, 6) is -0.0562. The molecule has 1 aromatic rings. The standard InChI is InChI=1S/C11H15Cl2NO4S2/c1-14(5-6-19(2,15)16)20(17,18)10-4-3-9(8-12)11(13)7-10/h3-4,7H,5-6,8H2,1-2H3. The predicted molar refractivity (Wildman–Crippen MR) is 80.5 cm³/mol. The Hall–Kier alpha value is -0.340. The fourth-order valence-corrected chi connectivity index (χ4v) is 3.92. The average Bonchev–Trinajstić information content (AvgIpc) is 2.34. The Morgan fingerprint density at radius 2 is 1.80 bits per heavy atom. The number of halogens is 2. The van der Waals surface area contributed by atoms with Gasteiger partial charge in [-0.15, -0.1) is 11.6 Å². The maximum absolute atomic E-state index is 12.2. The fraction of sp³-hybridized carbons (Fsp3) is 0.455. The van der Waals surface area contributed by atoms with Gasteiger partial charge in [-0.05, 0) is 17.7 Å². The Kier molecular flexibility index (Phi) is 5.86. The van der Waals surface area contributed by atoms with Crippen molar-refractivity contribution in [2.45, 2.75) is 10.8 Å². The van der Waals surface area contributed by atoms with Crippen LogP contribution in [-0.4, -0.2) is 46.7 Å². The normalized spacial score (nSPS) is 12.8. The molecular weight excluding hydrogens is 345 g/mol. The smallest absolute Gasteiger partial charge is 0.229 e. The molecule has 0 unspecified atom stereocenters. The van der Waals surface area contributed by atoms with E-state index in [1.807, 2.05) is 0 Å². The van der Waals surface area contributed by atoms with Gasteiger partial charge in [0.1, 0.15) is 9.84 Å². The Morgan fingerprint density at radius 1 is 1.20 bits per heavy atom. The first-order chi connectivity index (χ1) is 9.08. The largest absolute Gasteiger partial charge is 0.242 e. The second-order valence-corrected chi connectivity index (χ2v) is 9.32. The van der Waals surface area contributed by atoms with Gasteiger partial charge in [0.05, 0.1) is 10.6 Å². The van der Waals surface area contributed by atoms with Crippen molar-refractivity contribution in [1.29, 1.82) is 0 Å². The Balaban J connectivity index is 3.01. The summed E-state index contributed by atoms with van der Waals surface area (Å²) in [6.07, 6.45) is 1.06. The first-order valence-corrected chi connectivity index (χ1v) is 9.97.